The molecule has 1 aromatic heterocycles. The maximum atomic E-state index is 12.7. The number of aromatic nitrogens is 1. The minimum Gasteiger partial charge on any atom is -0.356 e. The minimum absolute atomic E-state index is 0.0770. The molecule has 0 aromatic carbocycles. The van der Waals surface area contributed by atoms with Crippen LogP contribution in [0.4, 0.5) is 0 Å². The molecule has 2 saturated heterocycles. The Balaban J connectivity index is 1.65. The number of H-pyrrole nitrogens is 1. The monoisotopic (exact) mass is 368 g/mol. The van der Waals surface area contributed by atoms with Gasteiger partial charge in [-0.1, -0.05) is 0 Å². The zero-order valence-electron chi connectivity index (χ0n) is 14.3. The molecule has 1 unspecified atom stereocenters. The molecule has 1 aromatic rings. The number of piperidine rings is 1. The molecule has 2 aliphatic rings. The third kappa shape index (κ3) is 4.40. The number of nitrogens with one attached hydrogen (secondary N) is 2. The molecule has 2 N–H and O–H groups in total. The number of likely N-dealkylation sites (tertiary alicyclic amines) is 2. The van der Waals surface area contributed by atoms with Crippen molar-refractivity contribution in [3.8, 4) is 0 Å². The Morgan fingerprint density at radius 1 is 1.12 bits per heavy atom. The molecule has 0 saturated carbocycles. The lowest BCUT2D eigenvalue weighted by atomic mass is 10.1. The van der Waals surface area contributed by atoms with Crippen LogP contribution in [0.1, 0.15) is 46.5 Å². The Labute approximate surface area is 147 Å². The summed E-state index contributed by atoms with van der Waals surface area (Å²) in [6.07, 6.45) is 6.16. The normalized spacial score (nSPS) is 21.6. The molecule has 9 heteroatoms. The molecule has 3 rings (SSSR count). The van der Waals surface area contributed by atoms with E-state index >= 15 is 0 Å². The molecule has 2 aliphatic heterocycles. The van der Waals surface area contributed by atoms with Crippen molar-refractivity contribution in [3.63, 3.8) is 0 Å². The third-order valence-corrected chi connectivity index (χ3v) is 5.40. The van der Waals surface area contributed by atoms with Gasteiger partial charge in [0.2, 0.25) is 10.0 Å². The van der Waals surface area contributed by atoms with E-state index in [0.717, 1.165) is 38.6 Å². The first-order valence-corrected chi connectivity index (χ1v) is 10.5. The van der Waals surface area contributed by atoms with Crippen molar-refractivity contribution < 1.29 is 18.0 Å². The number of amides is 2. The van der Waals surface area contributed by atoms with Crippen molar-refractivity contribution in [2.24, 2.45) is 0 Å². The lowest BCUT2D eigenvalue weighted by Crippen LogP contribution is -2.49. The summed E-state index contributed by atoms with van der Waals surface area (Å²) in [5.41, 5.74) is 0.857. The largest absolute Gasteiger partial charge is 0.356 e. The molecule has 0 bridgehead atoms. The van der Waals surface area contributed by atoms with Gasteiger partial charge in [-0.05, 0) is 31.7 Å². The molecule has 3 heterocycles. The van der Waals surface area contributed by atoms with Crippen LogP contribution in [0.25, 0.3) is 0 Å². The fraction of sp³-hybridized carbons (Fsp3) is 0.625. The Bertz CT molecular complexity index is 752. The summed E-state index contributed by atoms with van der Waals surface area (Å²) in [4.78, 5) is 31.4. The highest BCUT2D eigenvalue weighted by molar-refractivity contribution is 7.88. The van der Waals surface area contributed by atoms with Gasteiger partial charge in [0.15, 0.2) is 0 Å². The number of carbonyl (C=O) groups excluding carboxylic acids is 2. The Morgan fingerprint density at radius 3 is 2.48 bits per heavy atom. The van der Waals surface area contributed by atoms with Gasteiger partial charge >= 0.3 is 0 Å². The second kappa shape index (κ2) is 7.17. The van der Waals surface area contributed by atoms with Crippen LogP contribution in [0.15, 0.2) is 12.3 Å². The topological polar surface area (TPSA) is 103 Å². The van der Waals surface area contributed by atoms with Crippen LogP contribution < -0.4 is 4.72 Å². The quantitative estimate of drug-likeness (QED) is 0.803. The van der Waals surface area contributed by atoms with Crippen molar-refractivity contribution in [1.82, 2.24) is 19.5 Å². The maximum Gasteiger partial charge on any atom is 0.270 e. The molecule has 8 nitrogen and oxygen atoms in total. The van der Waals surface area contributed by atoms with Gasteiger partial charge in [-0.25, -0.2) is 13.1 Å². The summed E-state index contributed by atoms with van der Waals surface area (Å²) in [7, 11) is -3.30. The highest BCUT2D eigenvalue weighted by atomic mass is 32.2. The number of carbonyl (C=O) groups is 2. The number of rotatable bonds is 4. The van der Waals surface area contributed by atoms with E-state index in [4.69, 9.17) is 0 Å². The van der Waals surface area contributed by atoms with E-state index in [1.165, 1.54) is 0 Å². The standard InChI is InChI=1S/C16H24N4O4S/c1-25(23,24)18-13-5-4-8-20(11-13)15(21)12-9-14(17-10-12)16(22)19-6-2-3-7-19/h9-10,13,17-18H,2-8,11H2,1H3. The highest BCUT2D eigenvalue weighted by Gasteiger charge is 2.28. The summed E-state index contributed by atoms with van der Waals surface area (Å²) in [6.45, 7) is 2.44. The van der Waals surface area contributed by atoms with Gasteiger partial charge in [0.1, 0.15) is 5.69 Å². The van der Waals surface area contributed by atoms with Crippen LogP contribution in [0, 0.1) is 0 Å². The van der Waals surface area contributed by atoms with Gasteiger partial charge < -0.3 is 14.8 Å². The molecular weight excluding hydrogens is 344 g/mol. The van der Waals surface area contributed by atoms with Crippen molar-refractivity contribution in [3.05, 3.63) is 23.5 Å². The van der Waals surface area contributed by atoms with Crippen LogP contribution in [0.5, 0.6) is 0 Å². The molecule has 2 fully saturated rings. The average molecular weight is 368 g/mol. The SMILES string of the molecule is CS(=O)(=O)NC1CCCN(C(=O)c2c[nH]c(C(=O)N3CCCC3)c2)C1. The smallest absolute Gasteiger partial charge is 0.270 e. The summed E-state index contributed by atoms with van der Waals surface area (Å²) in [5, 5.41) is 0. The van der Waals surface area contributed by atoms with Gasteiger partial charge in [-0.15, -0.1) is 0 Å². The number of aromatic amines is 1. The number of hydrogen-bond acceptors (Lipinski definition) is 4. The molecule has 25 heavy (non-hydrogen) atoms. The lowest BCUT2D eigenvalue weighted by Gasteiger charge is -2.32. The molecule has 1 atom stereocenters. The third-order valence-electron chi connectivity index (χ3n) is 4.64. The minimum atomic E-state index is -3.30. The van der Waals surface area contributed by atoms with E-state index in [9.17, 15) is 18.0 Å². The van der Waals surface area contributed by atoms with E-state index in [2.05, 4.69) is 9.71 Å². The van der Waals surface area contributed by atoms with Crippen molar-refractivity contribution in [1.29, 1.82) is 0 Å². The zero-order chi connectivity index (χ0) is 18.0. The van der Waals surface area contributed by atoms with Crippen molar-refractivity contribution >= 4 is 21.8 Å². The first kappa shape index (κ1) is 17.9. The van der Waals surface area contributed by atoms with Gasteiger partial charge in [0.25, 0.3) is 11.8 Å². The van der Waals surface area contributed by atoms with Crippen molar-refractivity contribution in [2.75, 3.05) is 32.4 Å². The first-order chi connectivity index (χ1) is 11.8. The van der Waals surface area contributed by atoms with Gasteiger partial charge in [0, 0.05) is 38.4 Å². The van der Waals surface area contributed by atoms with Gasteiger partial charge in [0.05, 0.1) is 11.8 Å². The van der Waals surface area contributed by atoms with E-state index in [1.807, 2.05) is 0 Å². The maximum absolute atomic E-state index is 12.7. The Kier molecular flexibility index (Phi) is 5.14. The summed E-state index contributed by atoms with van der Waals surface area (Å²) >= 11 is 0. The van der Waals surface area contributed by atoms with Crippen LogP contribution in [-0.4, -0.2) is 73.5 Å². The first-order valence-electron chi connectivity index (χ1n) is 8.58. The van der Waals surface area contributed by atoms with Crippen molar-refractivity contribution in [2.45, 2.75) is 31.7 Å². The molecule has 0 aliphatic carbocycles. The number of nitrogens with zero attached hydrogens (tertiary/aromatic N) is 2. The molecule has 0 radical (unpaired) electrons. The average Bonchev–Trinajstić information content (AvgIpc) is 3.24. The van der Waals surface area contributed by atoms with Crippen LogP contribution in [-0.2, 0) is 10.0 Å². The highest BCUT2D eigenvalue weighted by Crippen LogP contribution is 2.17. The van der Waals surface area contributed by atoms with E-state index in [-0.39, 0.29) is 17.9 Å². The fourth-order valence-corrected chi connectivity index (χ4v) is 4.27. The van der Waals surface area contributed by atoms with Crippen LogP contribution in [0.2, 0.25) is 0 Å². The molecule has 2 amide bonds. The van der Waals surface area contributed by atoms with Crippen LogP contribution in [0.3, 0.4) is 0 Å². The van der Waals surface area contributed by atoms with Gasteiger partial charge in [-0.2, -0.15) is 0 Å². The Morgan fingerprint density at radius 2 is 1.80 bits per heavy atom. The van der Waals surface area contributed by atoms with E-state index in [0.29, 0.717) is 30.8 Å². The molecular formula is C16H24N4O4S. The summed E-state index contributed by atoms with van der Waals surface area (Å²) < 4.78 is 25.3. The predicted molar refractivity (Wildman–Crippen MR) is 92.8 cm³/mol. The molecule has 138 valence electrons. The van der Waals surface area contributed by atoms with Crippen LogP contribution >= 0.6 is 0 Å². The lowest BCUT2D eigenvalue weighted by molar-refractivity contribution is 0.0703. The second-order valence-corrected chi connectivity index (χ2v) is 8.56. The molecule has 0 spiro atoms. The summed E-state index contributed by atoms with van der Waals surface area (Å²) in [5.74, 6) is -0.261. The predicted octanol–water partition coefficient (Wildman–Crippen LogP) is 0.405. The fourth-order valence-electron chi connectivity index (χ4n) is 3.47. The second-order valence-electron chi connectivity index (χ2n) is 6.78. The summed E-state index contributed by atoms with van der Waals surface area (Å²) in [6, 6.07) is 1.33. The van der Waals surface area contributed by atoms with Gasteiger partial charge in [-0.3, -0.25) is 9.59 Å². The van der Waals surface area contributed by atoms with E-state index in [1.54, 1.807) is 22.1 Å². The Hall–Kier alpha value is -1.87. The number of hydrogen-bond donors (Lipinski definition) is 2. The van der Waals surface area contributed by atoms with E-state index < -0.39 is 10.0 Å². The number of sulfonamides is 1. The zero-order valence-corrected chi connectivity index (χ0v) is 15.1.